The molecule has 26 heavy (non-hydrogen) atoms. The van der Waals surface area contributed by atoms with E-state index in [2.05, 4.69) is 17.6 Å². The molecule has 0 saturated heterocycles. The first-order valence-corrected chi connectivity index (χ1v) is 8.74. The molecule has 0 atom stereocenters. The number of anilines is 2. The maximum Gasteiger partial charge on any atom is 0.323 e. The average Bonchev–Trinajstić information content (AvgIpc) is 2.66. The maximum absolute atomic E-state index is 12.5. The van der Waals surface area contributed by atoms with E-state index in [1.807, 2.05) is 78.9 Å². The van der Waals surface area contributed by atoms with Gasteiger partial charge < -0.3 is 15.4 Å². The molecule has 0 aliphatic heterocycles. The van der Waals surface area contributed by atoms with E-state index in [9.17, 15) is 4.79 Å². The average molecular weight is 346 g/mol. The standard InChI is InChI=1S/C22H22N2O2/c1-2-10-17-11-6-7-14-19(17)23-22(25)24-20-15-8-9-16-21(20)26-18-12-4-3-5-13-18/h3-9,11-16H,2,10H2,1H3,(H2,23,24,25). The van der Waals surface area contributed by atoms with Crippen molar-refractivity contribution in [1.29, 1.82) is 0 Å². The first-order valence-electron chi connectivity index (χ1n) is 8.74. The molecule has 0 fully saturated rings. The van der Waals surface area contributed by atoms with Crippen LogP contribution in [0, 0.1) is 0 Å². The Morgan fingerprint density at radius 1 is 0.808 bits per heavy atom. The summed E-state index contributed by atoms with van der Waals surface area (Å²) in [6, 6.07) is 24.4. The van der Waals surface area contributed by atoms with E-state index in [4.69, 9.17) is 4.74 Å². The van der Waals surface area contributed by atoms with Crippen molar-refractivity contribution in [3.8, 4) is 11.5 Å². The third-order valence-corrected chi connectivity index (χ3v) is 3.89. The normalized spacial score (nSPS) is 10.2. The predicted molar refractivity (Wildman–Crippen MR) is 106 cm³/mol. The summed E-state index contributed by atoms with van der Waals surface area (Å²) in [6.45, 7) is 2.12. The minimum absolute atomic E-state index is 0.294. The van der Waals surface area contributed by atoms with E-state index in [0.717, 1.165) is 29.8 Å². The number of aryl methyl sites for hydroxylation is 1. The molecule has 4 nitrogen and oxygen atoms in total. The van der Waals surface area contributed by atoms with Crippen LogP contribution in [0.4, 0.5) is 16.2 Å². The highest BCUT2D eigenvalue weighted by atomic mass is 16.5. The molecular formula is C22H22N2O2. The highest BCUT2D eigenvalue weighted by molar-refractivity contribution is 6.01. The second kappa shape index (κ2) is 8.72. The van der Waals surface area contributed by atoms with E-state index in [1.54, 1.807) is 0 Å². The van der Waals surface area contributed by atoms with Gasteiger partial charge in [-0.05, 0) is 42.3 Å². The van der Waals surface area contributed by atoms with E-state index in [1.165, 1.54) is 0 Å². The van der Waals surface area contributed by atoms with Gasteiger partial charge >= 0.3 is 6.03 Å². The van der Waals surface area contributed by atoms with E-state index in [-0.39, 0.29) is 6.03 Å². The minimum atomic E-state index is -0.294. The minimum Gasteiger partial charge on any atom is -0.455 e. The fraction of sp³-hybridized carbons (Fsp3) is 0.136. The topological polar surface area (TPSA) is 50.4 Å². The number of hydrogen-bond donors (Lipinski definition) is 2. The molecule has 0 aliphatic carbocycles. The van der Waals surface area contributed by atoms with Crippen LogP contribution in [-0.4, -0.2) is 6.03 Å². The lowest BCUT2D eigenvalue weighted by Crippen LogP contribution is -2.20. The molecule has 0 aliphatic rings. The Labute approximate surface area is 153 Å². The fourth-order valence-corrected chi connectivity index (χ4v) is 2.68. The summed E-state index contributed by atoms with van der Waals surface area (Å²) in [5.74, 6) is 1.31. The summed E-state index contributed by atoms with van der Waals surface area (Å²) < 4.78 is 5.88. The lowest BCUT2D eigenvalue weighted by atomic mass is 10.1. The van der Waals surface area contributed by atoms with Gasteiger partial charge in [0.1, 0.15) is 5.75 Å². The summed E-state index contributed by atoms with van der Waals surface area (Å²) in [5.41, 5.74) is 2.56. The van der Waals surface area contributed by atoms with Gasteiger partial charge in [0.15, 0.2) is 5.75 Å². The van der Waals surface area contributed by atoms with Crippen LogP contribution in [0.3, 0.4) is 0 Å². The number of carbonyl (C=O) groups excluding carboxylic acids is 1. The van der Waals surface area contributed by atoms with Crippen LogP contribution in [0.5, 0.6) is 11.5 Å². The van der Waals surface area contributed by atoms with Crippen molar-refractivity contribution < 1.29 is 9.53 Å². The van der Waals surface area contributed by atoms with Crippen molar-refractivity contribution in [3.63, 3.8) is 0 Å². The van der Waals surface area contributed by atoms with Gasteiger partial charge in [0.05, 0.1) is 5.69 Å². The van der Waals surface area contributed by atoms with Crippen molar-refractivity contribution in [1.82, 2.24) is 0 Å². The summed E-state index contributed by atoms with van der Waals surface area (Å²) in [4.78, 5) is 12.5. The second-order valence-corrected chi connectivity index (χ2v) is 5.90. The molecule has 3 aromatic rings. The number of carbonyl (C=O) groups is 1. The van der Waals surface area contributed by atoms with Crippen LogP contribution < -0.4 is 15.4 Å². The molecule has 0 bridgehead atoms. The number of nitrogens with one attached hydrogen (secondary N) is 2. The number of benzene rings is 3. The molecule has 0 aromatic heterocycles. The molecule has 2 N–H and O–H groups in total. The van der Waals surface area contributed by atoms with Crippen molar-refractivity contribution >= 4 is 17.4 Å². The Bertz CT molecular complexity index is 863. The summed E-state index contributed by atoms with van der Waals surface area (Å²) >= 11 is 0. The van der Waals surface area contributed by atoms with Crippen molar-refractivity contribution in [2.24, 2.45) is 0 Å². The van der Waals surface area contributed by atoms with Crippen LogP contribution in [0.25, 0.3) is 0 Å². The molecular weight excluding hydrogens is 324 g/mol. The Morgan fingerprint density at radius 3 is 2.19 bits per heavy atom. The Kier molecular flexibility index (Phi) is 5.88. The Balaban J connectivity index is 1.72. The van der Waals surface area contributed by atoms with Gasteiger partial charge in [-0.3, -0.25) is 0 Å². The molecule has 4 heteroatoms. The zero-order valence-electron chi connectivity index (χ0n) is 14.7. The van der Waals surface area contributed by atoms with Gasteiger partial charge in [-0.25, -0.2) is 4.79 Å². The first kappa shape index (κ1) is 17.5. The molecule has 2 amide bonds. The highest BCUT2D eigenvalue weighted by Crippen LogP contribution is 2.29. The first-order chi connectivity index (χ1) is 12.8. The van der Waals surface area contributed by atoms with Gasteiger partial charge in [-0.1, -0.05) is 61.9 Å². The number of hydrogen-bond acceptors (Lipinski definition) is 2. The quantitative estimate of drug-likeness (QED) is 0.568. The van der Waals surface area contributed by atoms with Crippen LogP contribution in [0.15, 0.2) is 78.9 Å². The predicted octanol–water partition coefficient (Wildman–Crippen LogP) is 6.08. The molecule has 0 saturated carbocycles. The van der Waals surface area contributed by atoms with Crippen molar-refractivity contribution in [2.75, 3.05) is 10.6 Å². The molecule has 0 heterocycles. The summed E-state index contributed by atoms with van der Waals surface area (Å²) in [5, 5.41) is 5.80. The molecule has 0 spiro atoms. The van der Waals surface area contributed by atoms with Crippen LogP contribution in [-0.2, 0) is 6.42 Å². The third kappa shape index (κ3) is 4.63. The van der Waals surface area contributed by atoms with Crippen LogP contribution >= 0.6 is 0 Å². The third-order valence-electron chi connectivity index (χ3n) is 3.89. The van der Waals surface area contributed by atoms with Gasteiger partial charge in [0.2, 0.25) is 0 Å². The summed E-state index contributed by atoms with van der Waals surface area (Å²) in [6.07, 6.45) is 1.94. The van der Waals surface area contributed by atoms with Crippen LogP contribution in [0.2, 0.25) is 0 Å². The lowest BCUT2D eigenvalue weighted by Gasteiger charge is -2.14. The van der Waals surface area contributed by atoms with E-state index >= 15 is 0 Å². The Morgan fingerprint density at radius 2 is 1.42 bits per heavy atom. The second-order valence-electron chi connectivity index (χ2n) is 5.90. The summed E-state index contributed by atoms with van der Waals surface area (Å²) in [7, 11) is 0. The Hall–Kier alpha value is -3.27. The smallest absolute Gasteiger partial charge is 0.323 e. The number of rotatable bonds is 6. The number of ether oxygens (including phenoxy) is 1. The van der Waals surface area contributed by atoms with E-state index in [0.29, 0.717) is 11.4 Å². The molecule has 3 rings (SSSR count). The molecule has 3 aromatic carbocycles. The SMILES string of the molecule is CCCc1ccccc1NC(=O)Nc1ccccc1Oc1ccccc1. The number of urea groups is 1. The van der Waals surface area contributed by atoms with Gasteiger partial charge in [0.25, 0.3) is 0 Å². The zero-order valence-corrected chi connectivity index (χ0v) is 14.7. The van der Waals surface area contributed by atoms with Gasteiger partial charge in [-0.2, -0.15) is 0 Å². The maximum atomic E-state index is 12.5. The molecule has 0 radical (unpaired) electrons. The van der Waals surface area contributed by atoms with Gasteiger partial charge in [-0.15, -0.1) is 0 Å². The van der Waals surface area contributed by atoms with Crippen molar-refractivity contribution in [2.45, 2.75) is 19.8 Å². The van der Waals surface area contributed by atoms with Gasteiger partial charge in [0, 0.05) is 5.69 Å². The number of amides is 2. The number of para-hydroxylation sites is 4. The molecule has 0 unspecified atom stereocenters. The zero-order chi connectivity index (χ0) is 18.2. The van der Waals surface area contributed by atoms with Crippen LogP contribution in [0.1, 0.15) is 18.9 Å². The van der Waals surface area contributed by atoms with E-state index < -0.39 is 0 Å². The lowest BCUT2D eigenvalue weighted by molar-refractivity contribution is 0.262. The highest BCUT2D eigenvalue weighted by Gasteiger charge is 2.10. The fourth-order valence-electron chi connectivity index (χ4n) is 2.68. The van der Waals surface area contributed by atoms with Crippen molar-refractivity contribution in [3.05, 3.63) is 84.4 Å². The monoisotopic (exact) mass is 346 g/mol. The largest absolute Gasteiger partial charge is 0.455 e. The molecule has 132 valence electrons.